The van der Waals surface area contributed by atoms with E-state index < -0.39 is 5.97 Å². The minimum atomic E-state index is -1.07. The molecule has 2 aromatic rings. The normalized spacial score (nSPS) is 11.7. The van der Waals surface area contributed by atoms with Crippen molar-refractivity contribution in [1.82, 2.24) is 5.32 Å². The molecule has 0 saturated heterocycles. The van der Waals surface area contributed by atoms with E-state index in [0.717, 1.165) is 11.1 Å². The number of hydrogen-bond donors (Lipinski definition) is 2. The summed E-state index contributed by atoms with van der Waals surface area (Å²) in [4.78, 5) is 22.1. The van der Waals surface area contributed by atoms with Crippen LogP contribution in [0.3, 0.4) is 0 Å². The van der Waals surface area contributed by atoms with E-state index in [1.807, 2.05) is 31.2 Å². The third kappa shape index (κ3) is 4.64. The predicted molar refractivity (Wildman–Crippen MR) is 85.5 cm³/mol. The highest BCUT2D eigenvalue weighted by Gasteiger charge is 2.12. The van der Waals surface area contributed by atoms with Crippen molar-refractivity contribution in [2.24, 2.45) is 0 Å². The summed E-state index contributed by atoms with van der Waals surface area (Å²) in [6.45, 7) is 1.51. The Balaban J connectivity index is 2.03. The molecular weight excluding hydrogens is 297 g/mol. The van der Waals surface area contributed by atoms with Gasteiger partial charge in [0.15, 0.2) is 0 Å². The average Bonchev–Trinajstić information content (AvgIpc) is 2.53. The number of rotatable bonds is 6. The number of nitrogens with one attached hydrogen (secondary N) is 1. The van der Waals surface area contributed by atoms with Gasteiger partial charge in [0, 0.05) is 12.0 Å². The predicted octanol–water partition coefficient (Wildman–Crippen LogP) is 3.19. The van der Waals surface area contributed by atoms with Crippen molar-refractivity contribution < 1.29 is 19.1 Å². The van der Waals surface area contributed by atoms with Crippen molar-refractivity contribution in [3.63, 3.8) is 0 Å². The van der Waals surface area contributed by atoms with Gasteiger partial charge in [0.25, 0.3) is 0 Å². The molecule has 0 radical (unpaired) electrons. The van der Waals surface area contributed by atoms with E-state index >= 15 is 0 Å². The smallest absolute Gasteiger partial charge is 0.322 e. The first-order chi connectivity index (χ1) is 11.0. The van der Waals surface area contributed by atoms with Crippen LogP contribution >= 0.6 is 0 Å². The van der Waals surface area contributed by atoms with Gasteiger partial charge in [-0.1, -0.05) is 49.4 Å². The molecule has 0 heterocycles. The van der Waals surface area contributed by atoms with Crippen LogP contribution in [0.15, 0.2) is 48.5 Å². The van der Waals surface area contributed by atoms with Crippen molar-refractivity contribution in [2.45, 2.75) is 19.3 Å². The second-order valence-electron chi connectivity index (χ2n) is 5.38. The third-order valence-electron chi connectivity index (χ3n) is 3.59. The molecule has 4 nitrogen and oxygen atoms in total. The summed E-state index contributed by atoms with van der Waals surface area (Å²) in [7, 11) is 0. The molecule has 0 bridgehead atoms. The number of carboxylic acids is 1. The summed E-state index contributed by atoms with van der Waals surface area (Å²) in [6, 6.07) is 13.9. The molecule has 0 aromatic heterocycles. The zero-order chi connectivity index (χ0) is 16.8. The Morgan fingerprint density at radius 1 is 1.13 bits per heavy atom. The maximum absolute atomic E-state index is 13.8. The van der Waals surface area contributed by atoms with Crippen molar-refractivity contribution in [3.05, 3.63) is 59.9 Å². The summed E-state index contributed by atoms with van der Waals surface area (Å²) < 4.78 is 13.8. The van der Waals surface area contributed by atoms with E-state index in [4.69, 9.17) is 5.11 Å². The van der Waals surface area contributed by atoms with E-state index in [-0.39, 0.29) is 30.6 Å². The van der Waals surface area contributed by atoms with Gasteiger partial charge < -0.3 is 10.4 Å². The molecule has 0 aliphatic rings. The van der Waals surface area contributed by atoms with Crippen LogP contribution in [0.2, 0.25) is 0 Å². The molecular formula is C18H18FNO3. The quantitative estimate of drug-likeness (QED) is 0.860. The van der Waals surface area contributed by atoms with Crippen LogP contribution in [0.5, 0.6) is 0 Å². The molecule has 23 heavy (non-hydrogen) atoms. The molecule has 0 spiro atoms. The summed E-state index contributed by atoms with van der Waals surface area (Å²) in [5.41, 5.74) is 2.25. The lowest BCUT2D eigenvalue weighted by Crippen LogP contribution is -2.29. The molecule has 0 aliphatic heterocycles. The van der Waals surface area contributed by atoms with E-state index in [1.54, 1.807) is 18.2 Å². The van der Waals surface area contributed by atoms with Crippen LogP contribution in [-0.4, -0.2) is 23.5 Å². The van der Waals surface area contributed by atoms with Gasteiger partial charge in [-0.3, -0.25) is 9.59 Å². The third-order valence-corrected chi connectivity index (χ3v) is 3.59. The van der Waals surface area contributed by atoms with Crippen molar-refractivity contribution in [1.29, 1.82) is 0 Å². The summed E-state index contributed by atoms with van der Waals surface area (Å²) in [5, 5.41) is 10.9. The largest absolute Gasteiger partial charge is 0.480 e. The van der Waals surface area contributed by atoms with Crippen LogP contribution in [0.1, 0.15) is 24.8 Å². The number of aliphatic carboxylic acids is 1. The number of hydrogen-bond acceptors (Lipinski definition) is 2. The van der Waals surface area contributed by atoms with Gasteiger partial charge in [0.1, 0.15) is 12.4 Å². The molecule has 1 atom stereocenters. The molecule has 5 heteroatoms. The average molecular weight is 315 g/mol. The van der Waals surface area contributed by atoms with Crippen LogP contribution in [-0.2, 0) is 9.59 Å². The molecule has 120 valence electrons. The fraction of sp³-hybridized carbons (Fsp3) is 0.222. The van der Waals surface area contributed by atoms with Crippen molar-refractivity contribution >= 4 is 11.9 Å². The van der Waals surface area contributed by atoms with Crippen LogP contribution in [0.4, 0.5) is 4.39 Å². The SMILES string of the molecule is CC(CC(=O)NCC(=O)O)c1ccc(-c2ccccc2F)cc1. The van der Waals surface area contributed by atoms with E-state index in [9.17, 15) is 14.0 Å². The number of carbonyl (C=O) groups excluding carboxylic acids is 1. The van der Waals surface area contributed by atoms with Gasteiger partial charge in [0.05, 0.1) is 0 Å². The molecule has 2 N–H and O–H groups in total. The number of benzene rings is 2. The first kappa shape index (κ1) is 16.7. The van der Waals surface area contributed by atoms with E-state index in [1.165, 1.54) is 6.07 Å². The van der Waals surface area contributed by atoms with Gasteiger partial charge in [-0.25, -0.2) is 4.39 Å². The summed E-state index contributed by atoms with van der Waals surface area (Å²) in [5.74, 6) is -1.71. The lowest BCUT2D eigenvalue weighted by molar-refractivity contribution is -0.138. The van der Waals surface area contributed by atoms with E-state index in [2.05, 4.69) is 5.32 Å². The fourth-order valence-electron chi connectivity index (χ4n) is 2.33. The minimum Gasteiger partial charge on any atom is -0.480 e. The molecule has 1 unspecified atom stereocenters. The Morgan fingerprint density at radius 3 is 2.39 bits per heavy atom. The first-order valence-electron chi connectivity index (χ1n) is 7.30. The molecule has 1 amide bonds. The van der Waals surface area contributed by atoms with Crippen LogP contribution in [0.25, 0.3) is 11.1 Å². The second kappa shape index (κ2) is 7.54. The van der Waals surface area contributed by atoms with Gasteiger partial charge in [-0.05, 0) is 23.1 Å². The number of amides is 1. The molecule has 2 rings (SSSR count). The van der Waals surface area contributed by atoms with Gasteiger partial charge in [0.2, 0.25) is 5.91 Å². The monoisotopic (exact) mass is 315 g/mol. The second-order valence-corrected chi connectivity index (χ2v) is 5.38. The van der Waals surface area contributed by atoms with Crippen molar-refractivity contribution in [3.8, 4) is 11.1 Å². The molecule has 2 aromatic carbocycles. The number of halogens is 1. The summed E-state index contributed by atoms with van der Waals surface area (Å²) in [6.07, 6.45) is 0.201. The Kier molecular flexibility index (Phi) is 5.46. The zero-order valence-corrected chi connectivity index (χ0v) is 12.8. The Labute approximate surface area is 134 Å². The topological polar surface area (TPSA) is 66.4 Å². The molecule has 0 aliphatic carbocycles. The van der Waals surface area contributed by atoms with Gasteiger partial charge >= 0.3 is 5.97 Å². The Bertz CT molecular complexity index is 698. The maximum Gasteiger partial charge on any atom is 0.322 e. The minimum absolute atomic E-state index is 0.0570. The number of carbonyl (C=O) groups is 2. The zero-order valence-electron chi connectivity index (χ0n) is 12.8. The highest BCUT2D eigenvalue weighted by atomic mass is 19.1. The van der Waals surface area contributed by atoms with Crippen LogP contribution < -0.4 is 5.32 Å². The molecule has 0 saturated carbocycles. The Morgan fingerprint density at radius 2 is 1.78 bits per heavy atom. The van der Waals surface area contributed by atoms with E-state index in [0.29, 0.717) is 5.56 Å². The van der Waals surface area contributed by atoms with Gasteiger partial charge in [-0.2, -0.15) is 0 Å². The lowest BCUT2D eigenvalue weighted by Gasteiger charge is -2.12. The van der Waals surface area contributed by atoms with Crippen molar-refractivity contribution in [2.75, 3.05) is 6.54 Å². The highest BCUT2D eigenvalue weighted by Crippen LogP contribution is 2.26. The fourth-order valence-corrected chi connectivity index (χ4v) is 2.33. The Hall–Kier alpha value is -2.69. The summed E-state index contributed by atoms with van der Waals surface area (Å²) >= 11 is 0. The van der Waals surface area contributed by atoms with Gasteiger partial charge in [-0.15, -0.1) is 0 Å². The molecule has 0 fully saturated rings. The standard InChI is InChI=1S/C18H18FNO3/c1-12(10-17(21)20-11-18(22)23)13-6-8-14(9-7-13)15-4-2-3-5-16(15)19/h2-9,12H,10-11H2,1H3,(H,20,21)(H,22,23). The highest BCUT2D eigenvalue weighted by molar-refractivity contribution is 5.81. The number of carboxylic acid groups (broad SMARTS) is 1. The maximum atomic E-state index is 13.8. The lowest BCUT2D eigenvalue weighted by atomic mass is 9.95. The van der Waals surface area contributed by atoms with Crippen LogP contribution in [0, 0.1) is 5.82 Å². The first-order valence-corrected chi connectivity index (χ1v) is 7.30.